The van der Waals surface area contributed by atoms with Crippen LogP contribution >= 0.6 is 0 Å². The van der Waals surface area contributed by atoms with Crippen molar-refractivity contribution in [3.63, 3.8) is 0 Å². The molecule has 2 aliphatic heterocycles. The number of nitrogens with one attached hydrogen (secondary N) is 1. The fraction of sp³-hybridized carbons (Fsp3) is 0.333. The minimum atomic E-state index is -0.915. The zero-order chi connectivity index (χ0) is 9.26. The number of carbonyl (C=O) groups is 1. The van der Waals surface area contributed by atoms with Crippen LogP contribution in [0.2, 0.25) is 0 Å². The first kappa shape index (κ1) is 8.04. The Morgan fingerprint density at radius 2 is 2.54 bits per heavy atom. The predicted octanol–water partition coefficient (Wildman–Crippen LogP) is 0.533. The second-order valence-electron chi connectivity index (χ2n) is 3.07. The van der Waals surface area contributed by atoms with E-state index in [0.717, 1.165) is 18.7 Å². The summed E-state index contributed by atoms with van der Waals surface area (Å²) in [5.41, 5.74) is 1.08. The van der Waals surface area contributed by atoms with E-state index in [1.807, 2.05) is 6.08 Å². The Balaban J connectivity index is 2.44. The number of carboxylic acids is 1. The van der Waals surface area contributed by atoms with Crippen LogP contribution < -0.4 is 5.32 Å². The van der Waals surface area contributed by atoms with Gasteiger partial charge in [0.15, 0.2) is 0 Å². The van der Waals surface area contributed by atoms with Gasteiger partial charge in [-0.25, -0.2) is 4.79 Å². The SMILES string of the molecule is O=C(O)C1=C2NCCC2C=CN=C1. The summed E-state index contributed by atoms with van der Waals surface area (Å²) < 4.78 is 0. The van der Waals surface area contributed by atoms with Crippen LogP contribution in [-0.4, -0.2) is 23.8 Å². The van der Waals surface area contributed by atoms with Crippen molar-refractivity contribution in [2.75, 3.05) is 6.54 Å². The second kappa shape index (κ2) is 3.05. The van der Waals surface area contributed by atoms with Gasteiger partial charge in [0.05, 0.1) is 5.57 Å². The minimum absolute atomic E-state index is 0.202. The summed E-state index contributed by atoms with van der Waals surface area (Å²) >= 11 is 0. The van der Waals surface area contributed by atoms with Crippen molar-refractivity contribution >= 4 is 12.2 Å². The van der Waals surface area contributed by atoms with E-state index < -0.39 is 5.97 Å². The molecule has 0 bridgehead atoms. The average Bonchev–Trinajstić information content (AvgIpc) is 2.44. The molecule has 2 rings (SSSR count). The summed E-state index contributed by atoms with van der Waals surface area (Å²) in [4.78, 5) is 14.7. The number of hydrogen-bond acceptors (Lipinski definition) is 3. The van der Waals surface area contributed by atoms with E-state index in [4.69, 9.17) is 5.11 Å². The van der Waals surface area contributed by atoms with Crippen molar-refractivity contribution in [3.05, 3.63) is 23.5 Å². The van der Waals surface area contributed by atoms with Gasteiger partial charge in [0, 0.05) is 30.6 Å². The summed E-state index contributed by atoms with van der Waals surface area (Å²) in [7, 11) is 0. The van der Waals surface area contributed by atoms with Gasteiger partial charge in [-0.05, 0) is 6.42 Å². The van der Waals surface area contributed by atoms with Gasteiger partial charge >= 0.3 is 5.97 Å². The molecule has 1 fully saturated rings. The average molecular weight is 178 g/mol. The summed E-state index contributed by atoms with van der Waals surface area (Å²) in [6.07, 6.45) is 5.94. The molecule has 0 radical (unpaired) electrons. The van der Waals surface area contributed by atoms with Gasteiger partial charge in [0.2, 0.25) is 0 Å². The Kier molecular flexibility index (Phi) is 1.88. The Morgan fingerprint density at radius 1 is 1.69 bits per heavy atom. The van der Waals surface area contributed by atoms with E-state index in [1.165, 1.54) is 6.21 Å². The van der Waals surface area contributed by atoms with Crippen LogP contribution in [-0.2, 0) is 4.79 Å². The summed E-state index contributed by atoms with van der Waals surface area (Å²) in [5.74, 6) is -0.713. The Hall–Kier alpha value is -1.58. The van der Waals surface area contributed by atoms with Crippen LogP contribution in [0, 0.1) is 5.92 Å². The van der Waals surface area contributed by atoms with E-state index in [2.05, 4.69) is 10.3 Å². The number of aliphatic carboxylic acids is 1. The molecule has 1 atom stereocenters. The van der Waals surface area contributed by atoms with Crippen LogP contribution in [0.5, 0.6) is 0 Å². The van der Waals surface area contributed by atoms with Gasteiger partial charge in [-0.15, -0.1) is 0 Å². The van der Waals surface area contributed by atoms with Gasteiger partial charge in [-0.1, -0.05) is 6.08 Å². The lowest BCUT2D eigenvalue weighted by Gasteiger charge is -2.06. The summed E-state index contributed by atoms with van der Waals surface area (Å²) in [6.45, 7) is 0.842. The lowest BCUT2D eigenvalue weighted by Crippen LogP contribution is -2.15. The van der Waals surface area contributed by atoms with Crippen LogP contribution in [0.1, 0.15) is 6.42 Å². The van der Waals surface area contributed by atoms with Gasteiger partial charge < -0.3 is 10.4 Å². The maximum absolute atomic E-state index is 10.8. The molecule has 0 aromatic heterocycles. The summed E-state index contributed by atoms with van der Waals surface area (Å²) in [6, 6.07) is 0. The normalized spacial score (nSPS) is 25.4. The molecule has 2 aliphatic rings. The zero-order valence-corrected chi connectivity index (χ0v) is 7.03. The molecule has 13 heavy (non-hydrogen) atoms. The second-order valence-corrected chi connectivity index (χ2v) is 3.07. The first-order chi connectivity index (χ1) is 6.29. The van der Waals surface area contributed by atoms with Crippen LogP contribution in [0.15, 0.2) is 28.5 Å². The van der Waals surface area contributed by atoms with E-state index >= 15 is 0 Å². The highest BCUT2D eigenvalue weighted by Gasteiger charge is 2.25. The van der Waals surface area contributed by atoms with Gasteiger partial charge in [-0.2, -0.15) is 0 Å². The molecule has 68 valence electrons. The lowest BCUT2D eigenvalue weighted by atomic mass is 10.0. The number of allylic oxidation sites excluding steroid dienone is 1. The molecule has 1 unspecified atom stereocenters. The highest BCUT2D eigenvalue weighted by Crippen LogP contribution is 2.24. The van der Waals surface area contributed by atoms with Crippen molar-refractivity contribution in [1.29, 1.82) is 0 Å². The monoisotopic (exact) mass is 178 g/mol. The highest BCUT2D eigenvalue weighted by molar-refractivity contribution is 6.09. The van der Waals surface area contributed by atoms with E-state index in [0.29, 0.717) is 0 Å². The quantitative estimate of drug-likeness (QED) is 0.615. The maximum atomic E-state index is 10.8. The van der Waals surface area contributed by atoms with Gasteiger partial charge in [0.25, 0.3) is 0 Å². The van der Waals surface area contributed by atoms with Crippen molar-refractivity contribution < 1.29 is 9.90 Å². The predicted molar refractivity (Wildman–Crippen MR) is 48.4 cm³/mol. The lowest BCUT2D eigenvalue weighted by molar-refractivity contribution is -0.132. The molecule has 4 nitrogen and oxygen atoms in total. The van der Waals surface area contributed by atoms with Crippen LogP contribution in [0.25, 0.3) is 0 Å². The first-order valence-corrected chi connectivity index (χ1v) is 4.20. The fourth-order valence-electron chi connectivity index (χ4n) is 1.64. The molecule has 0 aliphatic carbocycles. The smallest absolute Gasteiger partial charge is 0.339 e. The number of carboxylic acid groups (broad SMARTS) is 1. The molecule has 0 saturated carbocycles. The number of nitrogens with zero attached hydrogens (tertiary/aromatic N) is 1. The molecule has 2 N–H and O–H groups in total. The third-order valence-electron chi connectivity index (χ3n) is 2.27. The molecule has 0 aromatic carbocycles. The zero-order valence-electron chi connectivity index (χ0n) is 7.03. The number of rotatable bonds is 1. The molecular formula is C9H10N2O2. The number of hydrogen-bond donors (Lipinski definition) is 2. The number of aliphatic imine (C=N–C) groups is 1. The van der Waals surface area contributed by atoms with E-state index in [9.17, 15) is 4.79 Å². The third-order valence-corrected chi connectivity index (χ3v) is 2.27. The fourth-order valence-corrected chi connectivity index (χ4v) is 1.64. The van der Waals surface area contributed by atoms with E-state index in [1.54, 1.807) is 6.20 Å². The topological polar surface area (TPSA) is 61.7 Å². The van der Waals surface area contributed by atoms with Crippen LogP contribution in [0.4, 0.5) is 0 Å². The molecule has 2 heterocycles. The summed E-state index contributed by atoms with van der Waals surface area (Å²) in [5, 5.41) is 12.0. The molecule has 0 aromatic rings. The Morgan fingerprint density at radius 3 is 3.31 bits per heavy atom. The van der Waals surface area contributed by atoms with Crippen molar-refractivity contribution in [3.8, 4) is 0 Å². The molecule has 1 saturated heterocycles. The molecular weight excluding hydrogens is 168 g/mol. The van der Waals surface area contributed by atoms with Crippen LogP contribution in [0.3, 0.4) is 0 Å². The van der Waals surface area contributed by atoms with Gasteiger partial charge in [0.1, 0.15) is 0 Å². The van der Waals surface area contributed by atoms with Gasteiger partial charge in [-0.3, -0.25) is 4.99 Å². The maximum Gasteiger partial charge on any atom is 0.339 e. The largest absolute Gasteiger partial charge is 0.478 e. The van der Waals surface area contributed by atoms with Crippen molar-refractivity contribution in [2.24, 2.45) is 10.9 Å². The van der Waals surface area contributed by atoms with E-state index in [-0.39, 0.29) is 11.5 Å². The number of fused-ring (bicyclic) bond motifs is 1. The Bertz CT molecular complexity index is 329. The Labute approximate surface area is 75.7 Å². The van der Waals surface area contributed by atoms with Crippen molar-refractivity contribution in [2.45, 2.75) is 6.42 Å². The third kappa shape index (κ3) is 1.35. The van der Waals surface area contributed by atoms with Crippen molar-refractivity contribution in [1.82, 2.24) is 5.32 Å². The molecule has 0 spiro atoms. The molecule has 4 heteroatoms. The standard InChI is InChI=1S/C9H10N2O2/c12-9(13)7-5-10-3-1-6-2-4-11-8(6)7/h1,3,5-6,11H,2,4H2,(H,12,13). The highest BCUT2D eigenvalue weighted by atomic mass is 16.4. The molecule has 0 amide bonds. The minimum Gasteiger partial charge on any atom is -0.478 e. The first-order valence-electron chi connectivity index (χ1n) is 4.20.